The molecular weight excluding hydrogens is 296 g/mol. The van der Waals surface area contributed by atoms with Crippen molar-refractivity contribution >= 4 is 0 Å². The highest BCUT2D eigenvalue weighted by Gasteiger charge is 2.21. The van der Waals surface area contributed by atoms with Crippen molar-refractivity contribution in [2.45, 2.75) is 64.0 Å². The summed E-state index contributed by atoms with van der Waals surface area (Å²) in [6.07, 6.45) is 10.1. The number of aliphatic hydroxyl groups excluding tert-OH is 1. The van der Waals surface area contributed by atoms with Gasteiger partial charge in [0.25, 0.3) is 0 Å². The van der Waals surface area contributed by atoms with Crippen molar-refractivity contribution in [2.75, 3.05) is 32.8 Å². The molecule has 3 nitrogen and oxygen atoms in total. The Balaban J connectivity index is 1.48. The van der Waals surface area contributed by atoms with Gasteiger partial charge in [-0.1, -0.05) is 37.1 Å². The third kappa shape index (κ3) is 5.30. The lowest BCUT2D eigenvalue weighted by atomic mass is 9.98. The lowest BCUT2D eigenvalue weighted by Gasteiger charge is -2.35. The van der Waals surface area contributed by atoms with E-state index in [2.05, 4.69) is 34.1 Å². The molecule has 0 bridgehead atoms. The van der Waals surface area contributed by atoms with E-state index in [1.54, 1.807) is 0 Å². The quantitative estimate of drug-likeness (QED) is 0.829. The van der Waals surface area contributed by atoms with Gasteiger partial charge in [0.05, 0.1) is 0 Å². The zero-order valence-electron chi connectivity index (χ0n) is 15.1. The Morgan fingerprint density at radius 1 is 0.875 bits per heavy atom. The number of benzene rings is 1. The Bertz CT molecular complexity index is 465. The molecule has 0 spiro atoms. The van der Waals surface area contributed by atoms with Gasteiger partial charge in [0, 0.05) is 25.7 Å². The molecule has 3 heteroatoms. The van der Waals surface area contributed by atoms with Crippen molar-refractivity contribution in [3.8, 4) is 0 Å². The fourth-order valence-corrected chi connectivity index (χ4v) is 4.26. The highest BCUT2D eigenvalue weighted by molar-refractivity contribution is 5.23. The van der Waals surface area contributed by atoms with Crippen LogP contribution in [0.15, 0.2) is 24.3 Å². The number of aliphatic hydroxyl groups is 1. The van der Waals surface area contributed by atoms with E-state index in [0.29, 0.717) is 12.6 Å². The van der Waals surface area contributed by atoms with Gasteiger partial charge in [-0.15, -0.1) is 0 Å². The average Bonchev–Trinajstić information content (AvgIpc) is 2.64. The summed E-state index contributed by atoms with van der Waals surface area (Å²) in [6.45, 7) is 6.33. The molecule has 134 valence electrons. The van der Waals surface area contributed by atoms with E-state index in [1.807, 2.05) is 0 Å². The maximum atomic E-state index is 9.27. The number of likely N-dealkylation sites (tertiary alicyclic amines) is 2. The minimum Gasteiger partial charge on any atom is -0.396 e. The normalized spacial score (nSPS) is 23.5. The zero-order chi connectivity index (χ0) is 16.6. The summed E-state index contributed by atoms with van der Waals surface area (Å²) in [5, 5.41) is 9.27. The molecule has 2 saturated heterocycles. The van der Waals surface area contributed by atoms with Crippen molar-refractivity contribution in [3.05, 3.63) is 35.4 Å². The van der Waals surface area contributed by atoms with Crippen LogP contribution in [0.1, 0.15) is 56.1 Å². The molecule has 1 unspecified atom stereocenters. The highest BCUT2D eigenvalue weighted by atomic mass is 16.3. The van der Waals surface area contributed by atoms with E-state index in [0.717, 1.165) is 13.0 Å². The number of piperidine rings is 2. The van der Waals surface area contributed by atoms with Crippen molar-refractivity contribution in [1.82, 2.24) is 9.80 Å². The lowest BCUT2D eigenvalue weighted by molar-refractivity contribution is 0.112. The summed E-state index contributed by atoms with van der Waals surface area (Å²) in [5.74, 6) is 0. The molecule has 0 radical (unpaired) electrons. The van der Waals surface area contributed by atoms with Crippen LogP contribution in [-0.4, -0.2) is 53.7 Å². The Labute approximate surface area is 147 Å². The van der Waals surface area contributed by atoms with Gasteiger partial charge < -0.3 is 10.0 Å². The number of nitrogens with zero attached hydrogens (tertiary/aromatic N) is 2. The second-order valence-corrected chi connectivity index (χ2v) is 7.60. The Hall–Kier alpha value is -0.900. The summed E-state index contributed by atoms with van der Waals surface area (Å²) in [4.78, 5) is 5.19. The molecule has 0 amide bonds. The first-order valence-electron chi connectivity index (χ1n) is 10.0. The Morgan fingerprint density at radius 2 is 1.58 bits per heavy atom. The average molecular weight is 331 g/mol. The molecule has 24 heavy (non-hydrogen) atoms. The highest BCUT2D eigenvalue weighted by Crippen LogP contribution is 2.22. The SMILES string of the molecule is OCCC1CCCCN1Cc1ccc(CCN2CCCCC2)cc1. The topological polar surface area (TPSA) is 26.7 Å². The van der Waals surface area contributed by atoms with Gasteiger partial charge in [-0.05, 0) is 69.3 Å². The first-order chi connectivity index (χ1) is 11.8. The molecule has 0 aromatic heterocycles. The summed E-state index contributed by atoms with van der Waals surface area (Å²) in [7, 11) is 0. The third-order valence-electron chi connectivity index (χ3n) is 5.79. The monoisotopic (exact) mass is 330 g/mol. The van der Waals surface area contributed by atoms with Gasteiger partial charge >= 0.3 is 0 Å². The molecule has 2 aliphatic heterocycles. The van der Waals surface area contributed by atoms with E-state index in [4.69, 9.17) is 0 Å². The molecule has 1 aromatic carbocycles. The zero-order valence-corrected chi connectivity index (χ0v) is 15.1. The molecule has 2 fully saturated rings. The van der Waals surface area contributed by atoms with E-state index in [-0.39, 0.29) is 0 Å². The molecule has 1 atom stereocenters. The first kappa shape index (κ1) is 17.9. The number of hydrogen-bond acceptors (Lipinski definition) is 3. The summed E-state index contributed by atoms with van der Waals surface area (Å²) in [6, 6.07) is 9.85. The second kappa shape index (κ2) is 9.55. The number of hydrogen-bond donors (Lipinski definition) is 1. The van der Waals surface area contributed by atoms with Gasteiger partial charge in [-0.3, -0.25) is 4.90 Å². The molecule has 1 N–H and O–H groups in total. The molecule has 2 heterocycles. The molecule has 2 aliphatic rings. The molecule has 3 rings (SSSR count). The van der Waals surface area contributed by atoms with Crippen LogP contribution in [0.4, 0.5) is 0 Å². The van der Waals surface area contributed by atoms with Crippen LogP contribution >= 0.6 is 0 Å². The fourth-order valence-electron chi connectivity index (χ4n) is 4.26. The van der Waals surface area contributed by atoms with Crippen LogP contribution in [-0.2, 0) is 13.0 Å². The van der Waals surface area contributed by atoms with E-state index < -0.39 is 0 Å². The molecule has 0 aliphatic carbocycles. The predicted octanol–water partition coefficient (Wildman–Crippen LogP) is 3.45. The fraction of sp³-hybridized carbons (Fsp3) is 0.714. The van der Waals surface area contributed by atoms with Crippen LogP contribution in [0.2, 0.25) is 0 Å². The lowest BCUT2D eigenvalue weighted by Crippen LogP contribution is -2.39. The van der Waals surface area contributed by atoms with Gasteiger partial charge in [0.15, 0.2) is 0 Å². The second-order valence-electron chi connectivity index (χ2n) is 7.60. The predicted molar refractivity (Wildman–Crippen MR) is 100 cm³/mol. The summed E-state index contributed by atoms with van der Waals surface area (Å²) < 4.78 is 0. The van der Waals surface area contributed by atoms with Crippen LogP contribution in [0, 0.1) is 0 Å². The van der Waals surface area contributed by atoms with Crippen molar-refractivity contribution < 1.29 is 5.11 Å². The van der Waals surface area contributed by atoms with Crippen LogP contribution < -0.4 is 0 Å². The standard InChI is InChI=1S/C21H34N2O/c24-17-12-21-6-2-5-15-23(21)18-20-9-7-19(8-10-20)11-16-22-13-3-1-4-14-22/h7-10,21,24H,1-6,11-18H2. The van der Waals surface area contributed by atoms with E-state index in [9.17, 15) is 5.11 Å². The summed E-state index contributed by atoms with van der Waals surface area (Å²) >= 11 is 0. The van der Waals surface area contributed by atoms with Gasteiger partial charge in [-0.2, -0.15) is 0 Å². The molecular formula is C21H34N2O. The van der Waals surface area contributed by atoms with Crippen LogP contribution in [0.3, 0.4) is 0 Å². The van der Waals surface area contributed by atoms with Crippen LogP contribution in [0.25, 0.3) is 0 Å². The van der Waals surface area contributed by atoms with E-state index >= 15 is 0 Å². The minimum absolute atomic E-state index is 0.316. The number of rotatable bonds is 7. The third-order valence-corrected chi connectivity index (χ3v) is 5.79. The maximum Gasteiger partial charge on any atom is 0.0445 e. The van der Waals surface area contributed by atoms with Crippen molar-refractivity contribution in [2.24, 2.45) is 0 Å². The summed E-state index contributed by atoms with van der Waals surface area (Å²) in [5.41, 5.74) is 2.89. The van der Waals surface area contributed by atoms with Crippen molar-refractivity contribution in [3.63, 3.8) is 0 Å². The Kier molecular flexibility index (Phi) is 7.13. The molecule has 0 saturated carbocycles. The smallest absolute Gasteiger partial charge is 0.0445 e. The van der Waals surface area contributed by atoms with Gasteiger partial charge in [0.2, 0.25) is 0 Å². The Morgan fingerprint density at radius 3 is 2.33 bits per heavy atom. The van der Waals surface area contributed by atoms with Crippen LogP contribution in [0.5, 0.6) is 0 Å². The first-order valence-corrected chi connectivity index (χ1v) is 10.0. The molecule has 1 aromatic rings. The minimum atomic E-state index is 0.316. The van der Waals surface area contributed by atoms with Gasteiger partial charge in [0.1, 0.15) is 0 Å². The van der Waals surface area contributed by atoms with Crippen molar-refractivity contribution in [1.29, 1.82) is 0 Å². The van der Waals surface area contributed by atoms with E-state index in [1.165, 1.54) is 82.3 Å². The largest absolute Gasteiger partial charge is 0.396 e. The van der Waals surface area contributed by atoms with Gasteiger partial charge in [-0.25, -0.2) is 0 Å². The maximum absolute atomic E-state index is 9.27.